The third-order valence-corrected chi connectivity index (χ3v) is 5.02. The topological polar surface area (TPSA) is 72.2 Å². The number of nitro groups is 1. The Kier molecular flexibility index (Phi) is 7.11. The Morgan fingerprint density at radius 2 is 1.92 bits per heavy atom. The smallest absolute Gasteiger partial charge is 0.269 e. The summed E-state index contributed by atoms with van der Waals surface area (Å²) in [4.78, 5) is 22.2. The van der Waals surface area contributed by atoms with Gasteiger partial charge in [0.1, 0.15) is 0 Å². The molecule has 0 bridgehead atoms. The predicted molar refractivity (Wildman–Crippen MR) is 102 cm³/mol. The van der Waals surface area contributed by atoms with Gasteiger partial charge in [-0.1, -0.05) is 41.4 Å². The zero-order chi connectivity index (χ0) is 18.4. The summed E-state index contributed by atoms with van der Waals surface area (Å²) in [5.41, 5.74) is 1.79. The summed E-state index contributed by atoms with van der Waals surface area (Å²) in [6.45, 7) is 1.86. The SMILES string of the molecule is C[C@@H](NC(=O)CSCc1ccc([N+](=O)[O-])cc1)c1ccc(Cl)cc1Cl. The van der Waals surface area contributed by atoms with Crippen LogP contribution in [0.1, 0.15) is 24.1 Å². The van der Waals surface area contributed by atoms with Crippen LogP contribution in [-0.4, -0.2) is 16.6 Å². The highest BCUT2D eigenvalue weighted by molar-refractivity contribution is 7.99. The number of halogens is 2. The second kappa shape index (κ2) is 9.08. The quantitative estimate of drug-likeness (QED) is 0.525. The summed E-state index contributed by atoms with van der Waals surface area (Å²) in [7, 11) is 0. The molecule has 0 aliphatic heterocycles. The number of benzene rings is 2. The maximum Gasteiger partial charge on any atom is 0.269 e. The average Bonchev–Trinajstić information content (AvgIpc) is 2.55. The Morgan fingerprint density at radius 1 is 1.24 bits per heavy atom. The van der Waals surface area contributed by atoms with Crippen LogP contribution in [0.5, 0.6) is 0 Å². The van der Waals surface area contributed by atoms with Gasteiger partial charge in [-0.2, -0.15) is 0 Å². The van der Waals surface area contributed by atoms with E-state index in [9.17, 15) is 14.9 Å². The number of rotatable bonds is 7. The Hall–Kier alpha value is -1.76. The number of amides is 1. The Balaban J connectivity index is 1.81. The summed E-state index contributed by atoms with van der Waals surface area (Å²) >= 11 is 13.4. The van der Waals surface area contributed by atoms with E-state index in [-0.39, 0.29) is 23.4 Å². The van der Waals surface area contributed by atoms with Gasteiger partial charge in [0, 0.05) is 27.9 Å². The molecule has 0 aliphatic carbocycles. The number of carbonyl (C=O) groups excluding carboxylic acids is 1. The van der Waals surface area contributed by atoms with Crippen molar-refractivity contribution in [2.75, 3.05) is 5.75 Å². The van der Waals surface area contributed by atoms with Crippen LogP contribution < -0.4 is 5.32 Å². The molecule has 2 aromatic rings. The first-order valence-electron chi connectivity index (χ1n) is 7.42. The Morgan fingerprint density at radius 3 is 2.52 bits per heavy atom. The van der Waals surface area contributed by atoms with Gasteiger partial charge in [-0.15, -0.1) is 11.8 Å². The van der Waals surface area contributed by atoms with Crippen LogP contribution in [-0.2, 0) is 10.5 Å². The Labute approximate surface area is 159 Å². The average molecular weight is 399 g/mol. The van der Waals surface area contributed by atoms with Crippen molar-refractivity contribution in [2.45, 2.75) is 18.7 Å². The lowest BCUT2D eigenvalue weighted by atomic mass is 10.1. The molecule has 1 N–H and O–H groups in total. The number of non-ortho nitro benzene ring substituents is 1. The predicted octanol–water partition coefficient (Wildman–Crippen LogP) is 5.01. The zero-order valence-corrected chi connectivity index (χ0v) is 15.7. The van der Waals surface area contributed by atoms with Gasteiger partial charge >= 0.3 is 0 Å². The normalized spacial score (nSPS) is 11.8. The van der Waals surface area contributed by atoms with Crippen molar-refractivity contribution in [3.63, 3.8) is 0 Å². The second-order valence-corrected chi connectivity index (χ2v) is 7.20. The van der Waals surface area contributed by atoms with Crippen molar-refractivity contribution in [3.05, 3.63) is 73.8 Å². The van der Waals surface area contributed by atoms with E-state index in [0.717, 1.165) is 11.1 Å². The molecular weight excluding hydrogens is 383 g/mol. The number of carbonyl (C=O) groups is 1. The van der Waals surface area contributed by atoms with Crippen molar-refractivity contribution in [2.24, 2.45) is 0 Å². The molecule has 1 atom stereocenters. The molecule has 2 aromatic carbocycles. The highest BCUT2D eigenvalue weighted by Gasteiger charge is 2.13. The lowest BCUT2D eigenvalue weighted by Gasteiger charge is -2.16. The summed E-state index contributed by atoms with van der Waals surface area (Å²) in [6.07, 6.45) is 0. The molecule has 0 unspecified atom stereocenters. The van der Waals surface area contributed by atoms with Crippen LogP contribution >= 0.6 is 35.0 Å². The molecular formula is C17H16Cl2N2O3S. The van der Waals surface area contributed by atoms with Gasteiger partial charge in [-0.3, -0.25) is 14.9 Å². The first kappa shape index (κ1) is 19.6. The molecule has 0 spiro atoms. The molecule has 0 saturated heterocycles. The van der Waals surface area contributed by atoms with Gasteiger partial charge in [0.15, 0.2) is 0 Å². The molecule has 0 aromatic heterocycles. The Bertz CT molecular complexity index is 769. The monoisotopic (exact) mass is 398 g/mol. The zero-order valence-electron chi connectivity index (χ0n) is 13.4. The third-order valence-electron chi connectivity index (χ3n) is 3.46. The molecule has 0 heterocycles. The number of thioether (sulfide) groups is 1. The van der Waals surface area contributed by atoms with Crippen molar-refractivity contribution >= 4 is 46.6 Å². The summed E-state index contributed by atoms with van der Waals surface area (Å²) in [6, 6.07) is 11.2. The van der Waals surface area contributed by atoms with E-state index in [1.807, 2.05) is 6.92 Å². The number of nitrogens with zero attached hydrogens (tertiary/aromatic N) is 1. The highest BCUT2D eigenvalue weighted by Crippen LogP contribution is 2.26. The van der Waals surface area contributed by atoms with Gasteiger partial charge in [-0.05, 0) is 30.2 Å². The van der Waals surface area contributed by atoms with E-state index >= 15 is 0 Å². The van der Waals surface area contributed by atoms with E-state index < -0.39 is 4.92 Å². The lowest BCUT2D eigenvalue weighted by molar-refractivity contribution is -0.384. The maximum atomic E-state index is 12.0. The van der Waals surface area contributed by atoms with Crippen LogP contribution in [0.3, 0.4) is 0 Å². The van der Waals surface area contributed by atoms with Crippen LogP contribution in [0.15, 0.2) is 42.5 Å². The van der Waals surface area contributed by atoms with Crippen LogP contribution in [0.4, 0.5) is 5.69 Å². The maximum absolute atomic E-state index is 12.0. The van der Waals surface area contributed by atoms with Gasteiger partial charge in [0.2, 0.25) is 5.91 Å². The minimum atomic E-state index is -0.437. The fourth-order valence-electron chi connectivity index (χ4n) is 2.19. The van der Waals surface area contributed by atoms with Crippen molar-refractivity contribution in [3.8, 4) is 0 Å². The molecule has 1 amide bonds. The van der Waals surface area contributed by atoms with Crippen LogP contribution in [0, 0.1) is 10.1 Å². The molecule has 0 saturated carbocycles. The highest BCUT2D eigenvalue weighted by atomic mass is 35.5. The number of nitrogens with one attached hydrogen (secondary N) is 1. The summed E-state index contributed by atoms with van der Waals surface area (Å²) in [5, 5.41) is 14.6. The minimum Gasteiger partial charge on any atom is -0.349 e. The minimum absolute atomic E-state index is 0.0557. The van der Waals surface area contributed by atoms with Crippen LogP contribution in [0.25, 0.3) is 0 Å². The van der Waals surface area contributed by atoms with Gasteiger partial charge in [-0.25, -0.2) is 0 Å². The first-order chi connectivity index (χ1) is 11.9. The molecule has 8 heteroatoms. The van der Waals surface area contributed by atoms with Gasteiger partial charge in [0.25, 0.3) is 5.69 Å². The van der Waals surface area contributed by atoms with E-state index in [0.29, 0.717) is 15.8 Å². The molecule has 0 radical (unpaired) electrons. The first-order valence-corrected chi connectivity index (χ1v) is 9.33. The fraction of sp³-hybridized carbons (Fsp3) is 0.235. The van der Waals surface area contributed by atoms with Crippen LogP contribution in [0.2, 0.25) is 10.0 Å². The largest absolute Gasteiger partial charge is 0.349 e. The molecule has 0 aliphatic rings. The van der Waals surface area contributed by atoms with E-state index in [1.165, 1.54) is 23.9 Å². The standard InChI is InChI=1S/C17H16Cl2N2O3S/c1-11(15-7-4-13(18)8-16(15)19)20-17(22)10-25-9-12-2-5-14(6-3-12)21(23)24/h2-8,11H,9-10H2,1H3,(H,20,22)/t11-/m1/s1. The van der Waals surface area contributed by atoms with Crippen molar-refractivity contribution < 1.29 is 9.72 Å². The van der Waals surface area contributed by atoms with E-state index in [2.05, 4.69) is 5.32 Å². The number of nitro benzene ring substituents is 1. The van der Waals surface area contributed by atoms with Crippen molar-refractivity contribution in [1.82, 2.24) is 5.32 Å². The number of hydrogen-bond acceptors (Lipinski definition) is 4. The van der Waals surface area contributed by atoms with Gasteiger partial charge < -0.3 is 5.32 Å². The number of hydrogen-bond donors (Lipinski definition) is 1. The van der Waals surface area contributed by atoms with E-state index in [1.54, 1.807) is 30.3 Å². The fourth-order valence-corrected chi connectivity index (χ4v) is 3.56. The molecule has 0 fully saturated rings. The molecule has 2 rings (SSSR count). The molecule has 132 valence electrons. The van der Waals surface area contributed by atoms with E-state index in [4.69, 9.17) is 23.2 Å². The third kappa shape index (κ3) is 5.92. The second-order valence-electron chi connectivity index (χ2n) is 5.37. The summed E-state index contributed by atoms with van der Waals surface area (Å²) in [5.74, 6) is 0.777. The lowest BCUT2D eigenvalue weighted by Crippen LogP contribution is -2.28. The van der Waals surface area contributed by atoms with Crippen molar-refractivity contribution in [1.29, 1.82) is 0 Å². The van der Waals surface area contributed by atoms with Gasteiger partial charge in [0.05, 0.1) is 16.7 Å². The molecule has 25 heavy (non-hydrogen) atoms. The summed E-state index contributed by atoms with van der Waals surface area (Å²) < 4.78 is 0. The molecule has 5 nitrogen and oxygen atoms in total.